The predicted octanol–water partition coefficient (Wildman–Crippen LogP) is 3.78. The van der Waals surface area contributed by atoms with Crippen molar-refractivity contribution >= 4 is 36.4 Å². The maximum absolute atomic E-state index is 12.6. The smallest absolute Gasteiger partial charge is 0.226 e. The molecule has 0 atom stereocenters. The highest BCUT2D eigenvalue weighted by Crippen LogP contribution is 2.18. The molecule has 1 saturated heterocycles. The van der Waals surface area contributed by atoms with E-state index in [0.29, 0.717) is 12.5 Å². The molecule has 27 heavy (non-hydrogen) atoms. The lowest BCUT2D eigenvalue weighted by atomic mass is 10.0. The molecule has 2 aromatic carbocycles. The van der Waals surface area contributed by atoms with E-state index < -0.39 is 0 Å². The van der Waals surface area contributed by atoms with E-state index in [-0.39, 0.29) is 30.7 Å². The molecular formula is C21H29Cl2N3O. The maximum Gasteiger partial charge on any atom is 0.226 e. The number of nitrogen functional groups attached to an aromatic ring is 1. The Morgan fingerprint density at radius 3 is 2.19 bits per heavy atom. The summed E-state index contributed by atoms with van der Waals surface area (Å²) in [5, 5.41) is 0. The van der Waals surface area contributed by atoms with Gasteiger partial charge in [-0.25, -0.2) is 0 Å². The molecule has 2 N–H and O–H groups in total. The van der Waals surface area contributed by atoms with Gasteiger partial charge in [-0.3, -0.25) is 9.69 Å². The molecule has 0 unspecified atom stereocenters. The molecule has 3 rings (SSSR count). The van der Waals surface area contributed by atoms with Gasteiger partial charge in [0.15, 0.2) is 0 Å². The summed E-state index contributed by atoms with van der Waals surface area (Å²) in [5.41, 5.74) is 8.81. The van der Waals surface area contributed by atoms with Crippen LogP contribution in [0.3, 0.4) is 0 Å². The van der Waals surface area contributed by atoms with Gasteiger partial charge >= 0.3 is 0 Å². The van der Waals surface area contributed by atoms with E-state index in [1.54, 1.807) is 0 Å². The highest BCUT2D eigenvalue weighted by molar-refractivity contribution is 5.85. The Balaban J connectivity index is 0.00000182. The number of nitrogens with two attached hydrogens (primary N) is 1. The van der Waals surface area contributed by atoms with Crippen LogP contribution in [0.2, 0.25) is 0 Å². The van der Waals surface area contributed by atoms with Gasteiger partial charge in [0, 0.05) is 38.4 Å². The van der Waals surface area contributed by atoms with Gasteiger partial charge in [-0.2, -0.15) is 0 Å². The van der Waals surface area contributed by atoms with E-state index in [0.717, 1.165) is 43.7 Å². The zero-order valence-electron chi connectivity index (χ0n) is 15.7. The Bertz CT molecular complexity index is 686. The number of piperidine rings is 1. The van der Waals surface area contributed by atoms with E-state index >= 15 is 0 Å². The Morgan fingerprint density at radius 2 is 1.59 bits per heavy atom. The van der Waals surface area contributed by atoms with Crippen molar-refractivity contribution < 1.29 is 4.79 Å². The second kappa shape index (κ2) is 11.2. The maximum atomic E-state index is 12.6. The summed E-state index contributed by atoms with van der Waals surface area (Å²) >= 11 is 0. The summed E-state index contributed by atoms with van der Waals surface area (Å²) < 4.78 is 0. The van der Waals surface area contributed by atoms with Crippen LogP contribution in [0.25, 0.3) is 0 Å². The summed E-state index contributed by atoms with van der Waals surface area (Å²) in [5.74, 6) is 0.186. The highest BCUT2D eigenvalue weighted by atomic mass is 35.5. The predicted molar refractivity (Wildman–Crippen MR) is 117 cm³/mol. The van der Waals surface area contributed by atoms with E-state index in [1.165, 1.54) is 5.56 Å². The first-order chi connectivity index (χ1) is 12.1. The van der Waals surface area contributed by atoms with Crippen LogP contribution in [0.1, 0.15) is 24.0 Å². The second-order valence-corrected chi connectivity index (χ2v) is 6.92. The molecule has 1 fully saturated rings. The minimum atomic E-state index is 0. The van der Waals surface area contributed by atoms with E-state index in [4.69, 9.17) is 5.73 Å². The number of anilines is 1. The van der Waals surface area contributed by atoms with Gasteiger partial charge < -0.3 is 10.6 Å². The number of hydrogen-bond donors (Lipinski definition) is 1. The number of rotatable bonds is 5. The molecule has 0 saturated carbocycles. The lowest BCUT2D eigenvalue weighted by molar-refractivity contribution is -0.132. The number of benzene rings is 2. The van der Waals surface area contributed by atoms with Crippen molar-refractivity contribution in [2.75, 3.05) is 25.9 Å². The largest absolute Gasteiger partial charge is 0.399 e. The normalized spacial score (nSPS) is 14.7. The average molecular weight is 410 g/mol. The third-order valence-electron chi connectivity index (χ3n) is 5.08. The SMILES string of the molecule is CN(C(=O)Cc1ccc(N)cc1)C1CCN(Cc2ccccc2)CC1.Cl.Cl. The van der Waals surface area contributed by atoms with Crippen LogP contribution in [0.15, 0.2) is 54.6 Å². The summed E-state index contributed by atoms with van der Waals surface area (Å²) in [7, 11) is 1.94. The van der Waals surface area contributed by atoms with Crippen LogP contribution < -0.4 is 5.73 Å². The van der Waals surface area contributed by atoms with Gasteiger partial charge in [0.25, 0.3) is 0 Å². The van der Waals surface area contributed by atoms with Crippen LogP contribution in [0, 0.1) is 0 Å². The fraction of sp³-hybridized carbons (Fsp3) is 0.381. The highest BCUT2D eigenvalue weighted by Gasteiger charge is 2.25. The van der Waals surface area contributed by atoms with Crippen molar-refractivity contribution in [1.82, 2.24) is 9.80 Å². The third kappa shape index (κ3) is 6.73. The lowest BCUT2D eigenvalue weighted by Gasteiger charge is -2.37. The van der Waals surface area contributed by atoms with Crippen LogP contribution in [-0.2, 0) is 17.8 Å². The number of nitrogens with zero attached hydrogens (tertiary/aromatic N) is 2. The Hall–Kier alpha value is -1.75. The first-order valence-electron chi connectivity index (χ1n) is 8.98. The summed E-state index contributed by atoms with van der Waals surface area (Å²) in [6, 6.07) is 18.5. The minimum Gasteiger partial charge on any atom is -0.399 e. The number of carbonyl (C=O) groups is 1. The van der Waals surface area contributed by atoms with E-state index in [2.05, 4.69) is 35.2 Å². The van der Waals surface area contributed by atoms with E-state index in [9.17, 15) is 4.79 Å². The number of halogens is 2. The molecule has 0 aromatic heterocycles. The molecule has 1 aliphatic rings. The summed E-state index contributed by atoms with van der Waals surface area (Å²) in [6.07, 6.45) is 2.52. The number of amides is 1. The molecule has 1 aliphatic heterocycles. The molecule has 6 heteroatoms. The molecule has 0 bridgehead atoms. The van der Waals surface area contributed by atoms with Gasteiger partial charge in [0.1, 0.15) is 0 Å². The minimum absolute atomic E-state index is 0. The molecule has 1 amide bonds. The fourth-order valence-corrected chi connectivity index (χ4v) is 3.44. The molecule has 148 valence electrons. The molecule has 4 nitrogen and oxygen atoms in total. The van der Waals surface area contributed by atoms with Gasteiger partial charge in [0.05, 0.1) is 6.42 Å². The lowest BCUT2D eigenvalue weighted by Crippen LogP contribution is -2.45. The molecule has 0 radical (unpaired) electrons. The van der Waals surface area contributed by atoms with Crippen molar-refractivity contribution in [1.29, 1.82) is 0 Å². The Morgan fingerprint density at radius 1 is 1.00 bits per heavy atom. The fourth-order valence-electron chi connectivity index (χ4n) is 3.44. The summed E-state index contributed by atoms with van der Waals surface area (Å²) in [4.78, 5) is 17.0. The van der Waals surface area contributed by atoms with Gasteiger partial charge in [0.2, 0.25) is 5.91 Å². The topological polar surface area (TPSA) is 49.6 Å². The molecule has 0 spiro atoms. The quantitative estimate of drug-likeness (QED) is 0.764. The number of likely N-dealkylation sites (tertiary alicyclic amines) is 1. The van der Waals surface area contributed by atoms with Crippen molar-refractivity contribution in [3.8, 4) is 0 Å². The second-order valence-electron chi connectivity index (χ2n) is 6.92. The van der Waals surface area contributed by atoms with Crippen LogP contribution in [0.4, 0.5) is 5.69 Å². The Labute approximate surface area is 174 Å². The first-order valence-corrected chi connectivity index (χ1v) is 8.98. The zero-order valence-corrected chi connectivity index (χ0v) is 17.3. The zero-order chi connectivity index (χ0) is 17.6. The first kappa shape index (κ1) is 23.3. The molecule has 0 aliphatic carbocycles. The van der Waals surface area contributed by atoms with Crippen molar-refractivity contribution in [3.63, 3.8) is 0 Å². The monoisotopic (exact) mass is 409 g/mol. The summed E-state index contributed by atoms with van der Waals surface area (Å²) in [6.45, 7) is 3.08. The van der Waals surface area contributed by atoms with Gasteiger partial charge in [-0.1, -0.05) is 42.5 Å². The van der Waals surface area contributed by atoms with Gasteiger partial charge in [-0.15, -0.1) is 24.8 Å². The number of carbonyl (C=O) groups excluding carboxylic acids is 1. The van der Waals surface area contributed by atoms with Crippen molar-refractivity contribution in [2.24, 2.45) is 0 Å². The van der Waals surface area contributed by atoms with Crippen LogP contribution >= 0.6 is 24.8 Å². The third-order valence-corrected chi connectivity index (χ3v) is 5.08. The molecular weight excluding hydrogens is 381 g/mol. The molecule has 1 heterocycles. The van der Waals surface area contributed by atoms with Crippen molar-refractivity contribution in [2.45, 2.75) is 31.8 Å². The Kier molecular flexibility index (Phi) is 9.64. The van der Waals surface area contributed by atoms with Crippen LogP contribution in [0.5, 0.6) is 0 Å². The average Bonchev–Trinajstić information content (AvgIpc) is 2.64. The van der Waals surface area contributed by atoms with Crippen molar-refractivity contribution in [3.05, 3.63) is 65.7 Å². The molecule has 2 aromatic rings. The number of likely N-dealkylation sites (N-methyl/N-ethyl adjacent to an activating group) is 1. The number of hydrogen-bond acceptors (Lipinski definition) is 3. The standard InChI is InChI=1S/C21H27N3O.2ClH/c1-23(21(25)15-17-7-9-19(22)10-8-17)20-11-13-24(14-12-20)16-18-5-3-2-4-6-18;;/h2-10,20H,11-16,22H2,1H3;2*1H. The van der Waals surface area contributed by atoms with E-state index in [1.807, 2.05) is 36.2 Å². The van der Waals surface area contributed by atoms with Gasteiger partial charge in [-0.05, 0) is 36.1 Å². The van der Waals surface area contributed by atoms with Crippen LogP contribution in [-0.4, -0.2) is 41.9 Å².